The lowest BCUT2D eigenvalue weighted by molar-refractivity contribution is 0.102. The second-order valence-electron chi connectivity index (χ2n) is 6.22. The lowest BCUT2D eigenvalue weighted by Crippen LogP contribution is -2.13. The maximum absolute atomic E-state index is 12.6. The molecule has 0 fully saturated rings. The Bertz CT molecular complexity index is 889. The van der Waals surface area contributed by atoms with E-state index in [1.165, 1.54) is 5.56 Å². The van der Waals surface area contributed by atoms with Gasteiger partial charge in [-0.1, -0.05) is 42.0 Å². The summed E-state index contributed by atoms with van der Waals surface area (Å²) in [5.41, 5.74) is 5.70. The normalized spacial score (nSPS) is 10.7. The summed E-state index contributed by atoms with van der Waals surface area (Å²) in [6.07, 6.45) is 0. The monoisotopic (exact) mass is 319 g/mol. The number of hydrogen-bond donors (Lipinski definition) is 1. The molecular formula is C21H21NO2. The van der Waals surface area contributed by atoms with E-state index < -0.39 is 0 Å². The molecule has 3 aromatic rings. The first kappa shape index (κ1) is 16.1. The third kappa shape index (κ3) is 3.25. The fourth-order valence-corrected chi connectivity index (χ4v) is 2.63. The second kappa shape index (κ2) is 6.36. The smallest absolute Gasteiger partial charge is 0.259 e. The summed E-state index contributed by atoms with van der Waals surface area (Å²) < 4.78 is 5.79. The van der Waals surface area contributed by atoms with E-state index in [1.807, 2.05) is 70.2 Å². The molecule has 3 heteroatoms. The Morgan fingerprint density at radius 3 is 2.25 bits per heavy atom. The van der Waals surface area contributed by atoms with Crippen molar-refractivity contribution in [3.8, 4) is 11.3 Å². The highest BCUT2D eigenvalue weighted by Crippen LogP contribution is 2.27. The molecule has 3 nitrogen and oxygen atoms in total. The van der Waals surface area contributed by atoms with Crippen molar-refractivity contribution in [1.29, 1.82) is 0 Å². The maximum atomic E-state index is 12.6. The summed E-state index contributed by atoms with van der Waals surface area (Å²) in [6, 6.07) is 15.9. The van der Waals surface area contributed by atoms with Crippen LogP contribution in [0.3, 0.4) is 0 Å². The van der Waals surface area contributed by atoms with Crippen LogP contribution < -0.4 is 5.32 Å². The summed E-state index contributed by atoms with van der Waals surface area (Å²) in [7, 11) is 0. The van der Waals surface area contributed by atoms with Crippen LogP contribution in [0.2, 0.25) is 0 Å². The number of aryl methyl sites for hydroxylation is 4. The number of benzene rings is 2. The summed E-state index contributed by atoms with van der Waals surface area (Å²) >= 11 is 0. The van der Waals surface area contributed by atoms with Gasteiger partial charge in [0.1, 0.15) is 11.5 Å². The molecule has 0 aliphatic heterocycles. The van der Waals surface area contributed by atoms with Gasteiger partial charge in [-0.25, -0.2) is 0 Å². The summed E-state index contributed by atoms with van der Waals surface area (Å²) in [6.45, 7) is 7.85. The molecule has 0 unspecified atom stereocenters. The maximum Gasteiger partial charge on any atom is 0.259 e. The summed E-state index contributed by atoms with van der Waals surface area (Å²) in [5, 5.41) is 2.98. The molecule has 0 radical (unpaired) electrons. The Hall–Kier alpha value is -2.81. The van der Waals surface area contributed by atoms with Crippen molar-refractivity contribution in [2.75, 3.05) is 5.32 Å². The molecule has 1 aromatic heterocycles. The SMILES string of the molecule is Cc1ccc(-c2cc(C(=O)Nc3cc(C)ccc3C)c(C)o2)cc1. The van der Waals surface area contributed by atoms with Gasteiger partial charge >= 0.3 is 0 Å². The van der Waals surface area contributed by atoms with Crippen LogP contribution in [0, 0.1) is 27.7 Å². The van der Waals surface area contributed by atoms with Gasteiger partial charge in [0.25, 0.3) is 5.91 Å². The first-order chi connectivity index (χ1) is 11.4. The number of furan rings is 1. The highest BCUT2D eigenvalue weighted by Gasteiger charge is 2.16. The first-order valence-electron chi connectivity index (χ1n) is 8.00. The fraction of sp³-hybridized carbons (Fsp3) is 0.190. The van der Waals surface area contributed by atoms with Crippen molar-refractivity contribution in [3.05, 3.63) is 76.5 Å². The van der Waals surface area contributed by atoms with Crippen LogP contribution in [0.25, 0.3) is 11.3 Å². The van der Waals surface area contributed by atoms with Gasteiger partial charge in [0.2, 0.25) is 0 Å². The van der Waals surface area contributed by atoms with Gasteiger partial charge in [-0.3, -0.25) is 4.79 Å². The van der Waals surface area contributed by atoms with E-state index in [2.05, 4.69) is 5.32 Å². The van der Waals surface area contributed by atoms with Crippen molar-refractivity contribution < 1.29 is 9.21 Å². The number of carbonyl (C=O) groups is 1. The van der Waals surface area contributed by atoms with E-state index in [9.17, 15) is 4.79 Å². The lowest BCUT2D eigenvalue weighted by atomic mass is 10.1. The quantitative estimate of drug-likeness (QED) is 0.699. The van der Waals surface area contributed by atoms with E-state index in [1.54, 1.807) is 6.07 Å². The van der Waals surface area contributed by atoms with E-state index in [0.29, 0.717) is 17.1 Å². The second-order valence-corrected chi connectivity index (χ2v) is 6.22. The highest BCUT2D eigenvalue weighted by molar-refractivity contribution is 6.06. The minimum atomic E-state index is -0.150. The van der Waals surface area contributed by atoms with E-state index in [0.717, 1.165) is 22.4 Å². The minimum absolute atomic E-state index is 0.150. The van der Waals surface area contributed by atoms with Crippen molar-refractivity contribution >= 4 is 11.6 Å². The molecule has 122 valence electrons. The molecule has 3 rings (SSSR count). The van der Waals surface area contributed by atoms with Crippen LogP contribution in [-0.2, 0) is 0 Å². The molecule has 0 bridgehead atoms. The van der Waals surface area contributed by atoms with Crippen LogP contribution in [0.5, 0.6) is 0 Å². The van der Waals surface area contributed by atoms with E-state index >= 15 is 0 Å². The average molecular weight is 319 g/mol. The predicted octanol–water partition coefficient (Wildman–Crippen LogP) is 5.43. The number of rotatable bonds is 3. The highest BCUT2D eigenvalue weighted by atomic mass is 16.3. The zero-order chi connectivity index (χ0) is 17.3. The summed E-state index contributed by atoms with van der Waals surface area (Å²) in [5.74, 6) is 1.18. The van der Waals surface area contributed by atoms with Crippen LogP contribution in [0.15, 0.2) is 52.9 Å². The van der Waals surface area contributed by atoms with Crippen molar-refractivity contribution in [3.63, 3.8) is 0 Å². The zero-order valence-corrected chi connectivity index (χ0v) is 14.4. The Morgan fingerprint density at radius 1 is 0.875 bits per heavy atom. The molecule has 0 atom stereocenters. The predicted molar refractivity (Wildman–Crippen MR) is 97.5 cm³/mol. The topological polar surface area (TPSA) is 42.2 Å². The molecule has 1 N–H and O–H groups in total. The number of anilines is 1. The van der Waals surface area contributed by atoms with Crippen LogP contribution >= 0.6 is 0 Å². The molecule has 1 heterocycles. The van der Waals surface area contributed by atoms with Gasteiger partial charge in [0.05, 0.1) is 5.56 Å². The van der Waals surface area contributed by atoms with Crippen LogP contribution in [0.4, 0.5) is 5.69 Å². The van der Waals surface area contributed by atoms with E-state index in [-0.39, 0.29) is 5.91 Å². The zero-order valence-electron chi connectivity index (χ0n) is 14.4. The number of nitrogens with one attached hydrogen (secondary N) is 1. The van der Waals surface area contributed by atoms with Gasteiger partial charge in [0.15, 0.2) is 0 Å². The third-order valence-corrected chi connectivity index (χ3v) is 4.14. The number of amides is 1. The average Bonchev–Trinajstić information content (AvgIpc) is 2.93. The van der Waals surface area contributed by atoms with Gasteiger partial charge in [-0.05, 0) is 51.0 Å². The molecular weight excluding hydrogens is 298 g/mol. The molecule has 0 saturated heterocycles. The Balaban J connectivity index is 1.88. The summed E-state index contributed by atoms with van der Waals surface area (Å²) in [4.78, 5) is 12.6. The van der Waals surface area contributed by atoms with Gasteiger partial charge in [-0.15, -0.1) is 0 Å². The third-order valence-electron chi connectivity index (χ3n) is 4.14. The molecule has 0 saturated carbocycles. The van der Waals surface area contributed by atoms with Crippen molar-refractivity contribution in [2.24, 2.45) is 0 Å². The standard InChI is InChI=1S/C21H21NO2/c1-13-6-9-17(10-7-13)20-12-18(16(4)24-20)21(23)22-19-11-14(2)5-8-15(19)3/h5-12H,1-4H3,(H,22,23). The minimum Gasteiger partial charge on any atom is -0.461 e. The molecule has 0 spiro atoms. The van der Waals surface area contributed by atoms with Crippen molar-refractivity contribution in [1.82, 2.24) is 0 Å². The number of carbonyl (C=O) groups excluding carboxylic acids is 1. The first-order valence-corrected chi connectivity index (χ1v) is 8.00. The molecule has 1 amide bonds. The Morgan fingerprint density at radius 2 is 1.54 bits per heavy atom. The van der Waals surface area contributed by atoms with E-state index in [4.69, 9.17) is 4.42 Å². The van der Waals surface area contributed by atoms with Crippen molar-refractivity contribution in [2.45, 2.75) is 27.7 Å². The van der Waals surface area contributed by atoms with Crippen LogP contribution in [0.1, 0.15) is 32.8 Å². The molecule has 0 aliphatic rings. The molecule has 2 aromatic carbocycles. The lowest BCUT2D eigenvalue weighted by Gasteiger charge is -2.08. The van der Waals surface area contributed by atoms with Gasteiger partial charge in [0, 0.05) is 11.3 Å². The number of hydrogen-bond acceptors (Lipinski definition) is 2. The largest absolute Gasteiger partial charge is 0.461 e. The van der Waals surface area contributed by atoms with Crippen LogP contribution in [-0.4, -0.2) is 5.91 Å². The fourth-order valence-electron chi connectivity index (χ4n) is 2.63. The Kier molecular flexibility index (Phi) is 4.26. The van der Waals surface area contributed by atoms with Gasteiger partial charge in [-0.2, -0.15) is 0 Å². The molecule has 0 aliphatic carbocycles. The molecule has 24 heavy (non-hydrogen) atoms. The Labute approximate surface area is 142 Å². The van der Waals surface area contributed by atoms with Gasteiger partial charge < -0.3 is 9.73 Å².